The molecular formula is C9H8FNO3. The summed E-state index contributed by atoms with van der Waals surface area (Å²) in [7, 11) is 0. The van der Waals surface area contributed by atoms with E-state index in [1.165, 1.54) is 6.07 Å². The summed E-state index contributed by atoms with van der Waals surface area (Å²) >= 11 is 0. The largest absolute Gasteiger partial charge is 0.489 e. The van der Waals surface area contributed by atoms with Crippen molar-refractivity contribution in [2.24, 2.45) is 5.73 Å². The molecule has 14 heavy (non-hydrogen) atoms. The third-order valence-electron chi connectivity index (χ3n) is 1.92. The van der Waals surface area contributed by atoms with Gasteiger partial charge in [-0.2, -0.15) is 0 Å². The van der Waals surface area contributed by atoms with Gasteiger partial charge >= 0.3 is 6.09 Å². The maximum Gasteiger partial charge on any atom is 0.410 e. The first-order valence-electron chi connectivity index (χ1n) is 4.09. The summed E-state index contributed by atoms with van der Waals surface area (Å²) in [5.74, 6) is -0.0132. The van der Waals surface area contributed by atoms with E-state index in [1.54, 1.807) is 0 Å². The van der Waals surface area contributed by atoms with E-state index in [4.69, 9.17) is 10.5 Å². The fraction of sp³-hybridized carbons (Fsp3) is 0.222. The Morgan fingerprint density at radius 3 is 3.07 bits per heavy atom. The molecule has 1 aromatic carbocycles. The second kappa shape index (κ2) is 3.17. The molecule has 0 saturated heterocycles. The molecule has 0 unspecified atom stereocenters. The first kappa shape index (κ1) is 8.80. The Labute approximate surface area is 79.4 Å². The minimum absolute atomic E-state index is 0.0463. The minimum Gasteiger partial charge on any atom is -0.489 e. The lowest BCUT2D eigenvalue weighted by Crippen LogP contribution is -2.16. The monoisotopic (exact) mass is 197 g/mol. The van der Waals surface area contributed by atoms with Crippen molar-refractivity contribution in [1.82, 2.24) is 0 Å². The Morgan fingerprint density at radius 1 is 1.57 bits per heavy atom. The highest BCUT2D eigenvalue weighted by Crippen LogP contribution is 2.36. The Morgan fingerprint density at radius 2 is 2.36 bits per heavy atom. The molecule has 0 fully saturated rings. The molecular weight excluding hydrogens is 189 g/mol. The summed E-state index contributed by atoms with van der Waals surface area (Å²) in [5, 5.41) is 0. The van der Waals surface area contributed by atoms with Crippen molar-refractivity contribution in [1.29, 1.82) is 0 Å². The zero-order valence-corrected chi connectivity index (χ0v) is 7.25. The molecule has 5 heteroatoms. The van der Waals surface area contributed by atoms with Crippen LogP contribution in [0.2, 0.25) is 0 Å². The average molecular weight is 197 g/mol. The average Bonchev–Trinajstić information content (AvgIpc) is 2.50. The molecule has 1 aliphatic heterocycles. The number of carbonyl (C=O) groups is 1. The van der Waals surface area contributed by atoms with Crippen LogP contribution in [0.25, 0.3) is 0 Å². The Balaban J connectivity index is 2.43. The predicted octanol–water partition coefficient (Wildman–Crippen LogP) is 1.22. The summed E-state index contributed by atoms with van der Waals surface area (Å²) in [4.78, 5) is 10.5. The third-order valence-corrected chi connectivity index (χ3v) is 1.92. The predicted molar refractivity (Wildman–Crippen MR) is 45.8 cm³/mol. The van der Waals surface area contributed by atoms with Gasteiger partial charge in [0.05, 0.1) is 6.61 Å². The van der Waals surface area contributed by atoms with Crippen molar-refractivity contribution >= 4 is 6.09 Å². The zero-order chi connectivity index (χ0) is 10.1. The molecule has 0 radical (unpaired) electrons. The first-order chi connectivity index (χ1) is 6.66. The van der Waals surface area contributed by atoms with Crippen LogP contribution in [0.1, 0.15) is 5.56 Å². The molecule has 2 rings (SSSR count). The number of amides is 1. The number of nitrogens with two attached hydrogens (primary N) is 1. The smallest absolute Gasteiger partial charge is 0.410 e. The maximum absolute atomic E-state index is 13.0. The van der Waals surface area contributed by atoms with Crippen molar-refractivity contribution in [3.63, 3.8) is 0 Å². The summed E-state index contributed by atoms with van der Waals surface area (Å²) in [6, 6.07) is 2.44. The van der Waals surface area contributed by atoms with Crippen LogP contribution < -0.4 is 15.2 Å². The lowest BCUT2D eigenvalue weighted by atomic mass is 10.1. The van der Waals surface area contributed by atoms with Gasteiger partial charge in [0.15, 0.2) is 11.5 Å². The van der Waals surface area contributed by atoms with Gasteiger partial charge in [0.25, 0.3) is 0 Å². The lowest BCUT2D eigenvalue weighted by molar-refractivity contribution is 0.208. The first-order valence-corrected chi connectivity index (χ1v) is 4.09. The number of rotatable bonds is 1. The number of ether oxygens (including phenoxy) is 2. The van der Waals surface area contributed by atoms with E-state index in [2.05, 4.69) is 4.74 Å². The van der Waals surface area contributed by atoms with Gasteiger partial charge in [-0.1, -0.05) is 0 Å². The normalized spacial score (nSPS) is 13.2. The number of benzene rings is 1. The quantitative estimate of drug-likeness (QED) is 0.736. The summed E-state index contributed by atoms with van der Waals surface area (Å²) in [5.41, 5.74) is 5.53. The molecule has 1 aliphatic rings. The van der Waals surface area contributed by atoms with Crippen molar-refractivity contribution in [2.75, 3.05) is 6.61 Å². The highest BCUT2D eigenvalue weighted by atomic mass is 19.1. The van der Waals surface area contributed by atoms with Gasteiger partial charge in [-0.25, -0.2) is 9.18 Å². The summed E-state index contributed by atoms with van der Waals surface area (Å²) in [6.45, 7) is 0.466. The Bertz CT molecular complexity index is 392. The van der Waals surface area contributed by atoms with Crippen LogP contribution in [0.3, 0.4) is 0 Å². The van der Waals surface area contributed by atoms with E-state index in [0.29, 0.717) is 24.3 Å². The van der Waals surface area contributed by atoms with E-state index in [0.717, 1.165) is 6.07 Å². The van der Waals surface area contributed by atoms with Gasteiger partial charge in [-0.15, -0.1) is 0 Å². The maximum atomic E-state index is 13.0. The number of hydrogen-bond donors (Lipinski definition) is 1. The van der Waals surface area contributed by atoms with E-state index < -0.39 is 11.9 Å². The standard InChI is InChI=1S/C9H8FNO3/c10-6-3-5-1-2-13-8(5)7(4-6)14-9(11)12/h3-4H,1-2H2,(H2,11,12). The van der Waals surface area contributed by atoms with E-state index in [1.807, 2.05) is 0 Å². The fourth-order valence-electron chi connectivity index (χ4n) is 1.42. The molecule has 0 aliphatic carbocycles. The summed E-state index contributed by atoms with van der Waals surface area (Å²) < 4.78 is 22.8. The molecule has 0 spiro atoms. The second-order valence-corrected chi connectivity index (χ2v) is 2.91. The van der Waals surface area contributed by atoms with Crippen molar-refractivity contribution in [3.05, 3.63) is 23.5 Å². The lowest BCUT2D eigenvalue weighted by Gasteiger charge is -2.06. The van der Waals surface area contributed by atoms with Gasteiger partial charge in [0.2, 0.25) is 0 Å². The van der Waals surface area contributed by atoms with Crippen LogP contribution in [-0.2, 0) is 6.42 Å². The minimum atomic E-state index is -0.978. The Hall–Kier alpha value is -1.78. The van der Waals surface area contributed by atoms with Gasteiger partial charge in [-0.05, 0) is 6.07 Å². The number of primary amides is 1. The number of fused-ring (bicyclic) bond motifs is 1. The molecule has 74 valence electrons. The number of carbonyl (C=O) groups excluding carboxylic acids is 1. The van der Waals surface area contributed by atoms with Crippen LogP contribution in [0, 0.1) is 5.82 Å². The number of hydrogen-bond acceptors (Lipinski definition) is 3. The van der Waals surface area contributed by atoms with E-state index in [-0.39, 0.29) is 5.75 Å². The molecule has 4 nitrogen and oxygen atoms in total. The Kier molecular flexibility index (Phi) is 1.99. The van der Waals surface area contributed by atoms with Crippen molar-refractivity contribution in [3.8, 4) is 11.5 Å². The topological polar surface area (TPSA) is 61.6 Å². The van der Waals surface area contributed by atoms with Crippen LogP contribution in [0.4, 0.5) is 9.18 Å². The molecule has 1 aromatic rings. The number of halogens is 1. The van der Waals surface area contributed by atoms with Gasteiger partial charge < -0.3 is 15.2 Å². The van der Waals surface area contributed by atoms with Crippen LogP contribution in [0.5, 0.6) is 11.5 Å². The van der Waals surface area contributed by atoms with Gasteiger partial charge in [-0.3, -0.25) is 0 Å². The van der Waals surface area contributed by atoms with Crippen LogP contribution >= 0.6 is 0 Å². The molecule has 0 bridgehead atoms. The van der Waals surface area contributed by atoms with Gasteiger partial charge in [0.1, 0.15) is 5.82 Å². The van der Waals surface area contributed by atoms with Crippen LogP contribution in [0.15, 0.2) is 12.1 Å². The van der Waals surface area contributed by atoms with Crippen LogP contribution in [-0.4, -0.2) is 12.7 Å². The highest BCUT2D eigenvalue weighted by molar-refractivity contribution is 5.69. The highest BCUT2D eigenvalue weighted by Gasteiger charge is 2.20. The van der Waals surface area contributed by atoms with E-state index in [9.17, 15) is 9.18 Å². The molecule has 0 saturated carbocycles. The second-order valence-electron chi connectivity index (χ2n) is 2.91. The van der Waals surface area contributed by atoms with Crippen molar-refractivity contribution < 1.29 is 18.7 Å². The summed E-state index contributed by atoms with van der Waals surface area (Å²) in [6.07, 6.45) is -0.365. The third kappa shape index (κ3) is 1.48. The molecule has 0 aromatic heterocycles. The van der Waals surface area contributed by atoms with Crippen molar-refractivity contribution in [2.45, 2.75) is 6.42 Å². The van der Waals surface area contributed by atoms with E-state index >= 15 is 0 Å². The fourth-order valence-corrected chi connectivity index (χ4v) is 1.42. The molecule has 1 amide bonds. The SMILES string of the molecule is NC(=O)Oc1cc(F)cc2c1OCC2. The molecule has 2 N–H and O–H groups in total. The zero-order valence-electron chi connectivity index (χ0n) is 7.25. The van der Waals surface area contributed by atoms with Gasteiger partial charge in [0, 0.05) is 18.1 Å². The molecule has 0 atom stereocenters. The molecule has 1 heterocycles.